The smallest absolute Gasteiger partial charge is 0.227 e. The third kappa shape index (κ3) is 2.60. The Morgan fingerprint density at radius 3 is 2.75 bits per heavy atom. The van der Waals surface area contributed by atoms with Gasteiger partial charge in [-0.2, -0.15) is 0 Å². The maximum absolute atomic E-state index is 12.5. The number of carbonyl (C=O) groups is 1. The molecule has 0 N–H and O–H groups in total. The minimum absolute atomic E-state index is 0.0782. The third-order valence-electron chi connectivity index (χ3n) is 4.02. The summed E-state index contributed by atoms with van der Waals surface area (Å²) in [5.74, 6) is 1.25. The number of aromatic nitrogens is 2. The van der Waals surface area contributed by atoms with Crippen molar-refractivity contribution < 1.29 is 9.53 Å². The highest BCUT2D eigenvalue weighted by atomic mass is 16.5. The molecule has 1 amide bonds. The molecule has 3 rings (SSSR count). The summed E-state index contributed by atoms with van der Waals surface area (Å²) in [4.78, 5) is 25.2. The van der Waals surface area contributed by atoms with Gasteiger partial charge in [0.05, 0.1) is 24.8 Å². The maximum Gasteiger partial charge on any atom is 0.227 e. The normalized spacial score (nSPS) is 23.1. The number of anilines is 1. The molecule has 0 saturated carbocycles. The summed E-state index contributed by atoms with van der Waals surface area (Å²) in [6, 6.07) is 0. The van der Waals surface area contributed by atoms with Crippen LogP contribution in [0.4, 0.5) is 5.82 Å². The fourth-order valence-electron chi connectivity index (χ4n) is 2.91. The molecule has 6 nitrogen and oxygen atoms in total. The Morgan fingerprint density at radius 1 is 1.25 bits per heavy atom. The number of amides is 1. The van der Waals surface area contributed by atoms with Crippen molar-refractivity contribution >= 4 is 11.7 Å². The predicted molar refractivity (Wildman–Crippen MR) is 74.5 cm³/mol. The van der Waals surface area contributed by atoms with E-state index in [9.17, 15) is 4.79 Å². The van der Waals surface area contributed by atoms with Gasteiger partial charge in [-0.25, -0.2) is 4.98 Å². The second-order valence-electron chi connectivity index (χ2n) is 5.33. The van der Waals surface area contributed by atoms with E-state index in [1.54, 1.807) is 12.4 Å². The number of hydrogen-bond acceptors (Lipinski definition) is 5. The zero-order valence-corrected chi connectivity index (χ0v) is 11.8. The molecule has 0 bridgehead atoms. The predicted octanol–water partition coefficient (Wildman–Crippen LogP) is 0.470. The number of rotatable bonds is 2. The van der Waals surface area contributed by atoms with Gasteiger partial charge < -0.3 is 14.5 Å². The van der Waals surface area contributed by atoms with E-state index in [4.69, 9.17) is 4.74 Å². The van der Waals surface area contributed by atoms with Gasteiger partial charge in [0.25, 0.3) is 0 Å². The summed E-state index contributed by atoms with van der Waals surface area (Å²) in [7, 11) is 0. The summed E-state index contributed by atoms with van der Waals surface area (Å²) < 4.78 is 5.30. The van der Waals surface area contributed by atoms with Crippen molar-refractivity contribution in [3.63, 3.8) is 0 Å². The van der Waals surface area contributed by atoms with Gasteiger partial charge >= 0.3 is 0 Å². The minimum atomic E-state index is 0.0782. The Bertz CT molecular complexity index is 488. The van der Waals surface area contributed by atoms with Crippen LogP contribution < -0.4 is 4.90 Å². The highest BCUT2D eigenvalue weighted by Crippen LogP contribution is 2.25. The Labute approximate surface area is 118 Å². The molecule has 0 aromatic carbocycles. The van der Waals surface area contributed by atoms with Gasteiger partial charge in [0.2, 0.25) is 5.91 Å². The number of carbonyl (C=O) groups excluding carboxylic acids is 1. The molecule has 20 heavy (non-hydrogen) atoms. The van der Waals surface area contributed by atoms with E-state index in [-0.39, 0.29) is 11.8 Å². The van der Waals surface area contributed by atoms with E-state index in [0.29, 0.717) is 13.2 Å². The van der Waals surface area contributed by atoms with Crippen molar-refractivity contribution in [3.8, 4) is 0 Å². The SMILES string of the molecule is Cc1nccnc1N1CCC(C(=O)N2CCOCC2)C1. The summed E-state index contributed by atoms with van der Waals surface area (Å²) in [6.45, 7) is 6.34. The van der Waals surface area contributed by atoms with Crippen molar-refractivity contribution in [3.05, 3.63) is 18.1 Å². The molecular formula is C14H20N4O2. The first kappa shape index (κ1) is 13.3. The van der Waals surface area contributed by atoms with Gasteiger partial charge in [0, 0.05) is 38.6 Å². The second-order valence-corrected chi connectivity index (χ2v) is 5.33. The van der Waals surface area contributed by atoms with Crippen LogP contribution in [0.15, 0.2) is 12.4 Å². The lowest BCUT2D eigenvalue weighted by molar-refractivity contribution is -0.138. The second kappa shape index (κ2) is 5.75. The first-order chi connectivity index (χ1) is 9.75. The summed E-state index contributed by atoms with van der Waals surface area (Å²) in [6.07, 6.45) is 4.30. The molecule has 2 aliphatic heterocycles. The first-order valence-electron chi connectivity index (χ1n) is 7.15. The standard InChI is InChI=1S/C14H20N4O2/c1-11-13(16-4-3-15-11)18-5-2-12(10-18)14(19)17-6-8-20-9-7-17/h3-4,12H,2,5-10H2,1H3. The number of morpholine rings is 1. The molecule has 0 aliphatic carbocycles. The largest absolute Gasteiger partial charge is 0.378 e. The molecule has 1 aromatic rings. The van der Waals surface area contributed by atoms with Crippen LogP contribution in [-0.4, -0.2) is 60.2 Å². The fourth-order valence-corrected chi connectivity index (χ4v) is 2.91. The van der Waals surface area contributed by atoms with E-state index < -0.39 is 0 Å². The van der Waals surface area contributed by atoms with Crippen molar-refractivity contribution in [2.75, 3.05) is 44.3 Å². The molecule has 2 aliphatic rings. The fraction of sp³-hybridized carbons (Fsp3) is 0.643. The molecule has 1 unspecified atom stereocenters. The van der Waals surface area contributed by atoms with Crippen LogP contribution >= 0.6 is 0 Å². The Morgan fingerprint density at radius 2 is 2.00 bits per heavy atom. The molecule has 1 aromatic heterocycles. The number of hydrogen-bond donors (Lipinski definition) is 0. The van der Waals surface area contributed by atoms with Crippen molar-refractivity contribution in [2.24, 2.45) is 5.92 Å². The number of nitrogens with zero attached hydrogens (tertiary/aromatic N) is 4. The lowest BCUT2D eigenvalue weighted by atomic mass is 10.1. The minimum Gasteiger partial charge on any atom is -0.378 e. The zero-order chi connectivity index (χ0) is 13.9. The molecular weight excluding hydrogens is 256 g/mol. The molecule has 1 atom stereocenters. The van der Waals surface area contributed by atoms with E-state index in [0.717, 1.165) is 44.1 Å². The Balaban J connectivity index is 1.64. The summed E-state index contributed by atoms with van der Waals surface area (Å²) in [5.41, 5.74) is 0.923. The maximum atomic E-state index is 12.5. The molecule has 2 fully saturated rings. The van der Waals surface area contributed by atoms with Crippen LogP contribution in [0.5, 0.6) is 0 Å². The van der Waals surface area contributed by atoms with Crippen LogP contribution in [0.2, 0.25) is 0 Å². The zero-order valence-electron chi connectivity index (χ0n) is 11.8. The van der Waals surface area contributed by atoms with Gasteiger partial charge in [0.1, 0.15) is 5.82 Å². The topological polar surface area (TPSA) is 58.6 Å². The summed E-state index contributed by atoms with van der Waals surface area (Å²) in [5, 5.41) is 0. The monoisotopic (exact) mass is 276 g/mol. The van der Waals surface area contributed by atoms with Crippen molar-refractivity contribution in [1.29, 1.82) is 0 Å². The molecule has 3 heterocycles. The summed E-state index contributed by atoms with van der Waals surface area (Å²) >= 11 is 0. The average molecular weight is 276 g/mol. The number of aryl methyl sites for hydroxylation is 1. The molecule has 108 valence electrons. The average Bonchev–Trinajstić information content (AvgIpc) is 2.97. The van der Waals surface area contributed by atoms with Gasteiger partial charge in [-0.15, -0.1) is 0 Å². The number of ether oxygens (including phenoxy) is 1. The molecule has 0 spiro atoms. The van der Waals surface area contributed by atoms with Crippen molar-refractivity contribution in [2.45, 2.75) is 13.3 Å². The lowest BCUT2D eigenvalue weighted by Crippen LogP contribution is -2.44. The highest BCUT2D eigenvalue weighted by molar-refractivity contribution is 5.80. The van der Waals surface area contributed by atoms with E-state index >= 15 is 0 Å². The van der Waals surface area contributed by atoms with E-state index in [1.807, 2.05) is 11.8 Å². The highest BCUT2D eigenvalue weighted by Gasteiger charge is 2.33. The van der Waals surface area contributed by atoms with Crippen LogP contribution in [0.3, 0.4) is 0 Å². The van der Waals surface area contributed by atoms with Gasteiger partial charge in [-0.05, 0) is 13.3 Å². The Kier molecular flexibility index (Phi) is 3.82. The lowest BCUT2D eigenvalue weighted by Gasteiger charge is -2.29. The van der Waals surface area contributed by atoms with Gasteiger partial charge in [-0.3, -0.25) is 9.78 Å². The van der Waals surface area contributed by atoms with E-state index in [2.05, 4.69) is 14.9 Å². The molecule has 6 heteroatoms. The van der Waals surface area contributed by atoms with Gasteiger partial charge in [0.15, 0.2) is 0 Å². The Hall–Kier alpha value is -1.69. The molecule has 0 radical (unpaired) electrons. The van der Waals surface area contributed by atoms with Crippen molar-refractivity contribution in [1.82, 2.24) is 14.9 Å². The van der Waals surface area contributed by atoms with Crippen LogP contribution in [0, 0.1) is 12.8 Å². The van der Waals surface area contributed by atoms with Crippen LogP contribution in [0.1, 0.15) is 12.1 Å². The molecule has 2 saturated heterocycles. The van der Waals surface area contributed by atoms with Gasteiger partial charge in [-0.1, -0.05) is 0 Å². The third-order valence-corrected chi connectivity index (χ3v) is 4.02. The van der Waals surface area contributed by atoms with Crippen LogP contribution in [-0.2, 0) is 9.53 Å². The quantitative estimate of drug-likeness (QED) is 0.786. The van der Waals surface area contributed by atoms with E-state index in [1.165, 1.54) is 0 Å². The first-order valence-corrected chi connectivity index (χ1v) is 7.15. The van der Waals surface area contributed by atoms with Crippen LogP contribution in [0.25, 0.3) is 0 Å².